The normalized spacial score (nSPS) is 15.7. The van der Waals surface area contributed by atoms with E-state index in [-0.39, 0.29) is 18.4 Å². The second-order valence-corrected chi connectivity index (χ2v) is 5.61. The van der Waals surface area contributed by atoms with Gasteiger partial charge in [-0.25, -0.2) is 0 Å². The zero-order chi connectivity index (χ0) is 16.1. The second kappa shape index (κ2) is 7.38. The molecule has 1 aromatic carbocycles. The number of rotatable bonds is 6. The molecule has 0 radical (unpaired) electrons. The van der Waals surface area contributed by atoms with Crippen LogP contribution in [0.3, 0.4) is 0 Å². The first-order chi connectivity index (χ1) is 10.5. The molecule has 0 spiro atoms. The van der Waals surface area contributed by atoms with Gasteiger partial charge in [-0.2, -0.15) is 0 Å². The van der Waals surface area contributed by atoms with Gasteiger partial charge in [0.15, 0.2) is 5.75 Å². The van der Waals surface area contributed by atoms with Crippen LogP contribution in [0.15, 0.2) is 24.3 Å². The van der Waals surface area contributed by atoms with Gasteiger partial charge in [0.1, 0.15) is 0 Å². The lowest BCUT2D eigenvalue weighted by Crippen LogP contribution is -2.31. The van der Waals surface area contributed by atoms with Crippen molar-refractivity contribution in [2.24, 2.45) is 0 Å². The van der Waals surface area contributed by atoms with Crippen LogP contribution in [0.2, 0.25) is 0 Å². The zero-order valence-corrected chi connectivity index (χ0v) is 13.0. The Morgan fingerprint density at radius 3 is 2.77 bits per heavy atom. The molecule has 0 atom stereocenters. The highest BCUT2D eigenvalue weighted by Gasteiger charge is 2.19. The van der Waals surface area contributed by atoms with Gasteiger partial charge in [0.2, 0.25) is 0 Å². The number of nitro benzene ring substituents is 1. The van der Waals surface area contributed by atoms with Crippen LogP contribution in [-0.2, 0) is 0 Å². The number of aliphatic hydroxyl groups is 1. The van der Waals surface area contributed by atoms with Crippen LogP contribution in [-0.4, -0.2) is 47.3 Å². The molecular weight excluding hydrogens is 284 g/mol. The largest absolute Gasteiger partial charge is 0.484 e. The summed E-state index contributed by atoms with van der Waals surface area (Å²) in [5.41, 5.74) is 2.12. The van der Waals surface area contributed by atoms with E-state index >= 15 is 0 Å². The van der Waals surface area contributed by atoms with Gasteiger partial charge >= 0.3 is 5.69 Å². The highest BCUT2D eigenvalue weighted by Crippen LogP contribution is 2.33. The summed E-state index contributed by atoms with van der Waals surface area (Å²) in [5, 5.41) is 20.0. The topological polar surface area (TPSA) is 75.8 Å². The number of benzene rings is 1. The molecule has 6 heteroatoms. The fourth-order valence-corrected chi connectivity index (χ4v) is 2.53. The Balaban J connectivity index is 2.23. The quantitative estimate of drug-likeness (QED) is 0.645. The van der Waals surface area contributed by atoms with Crippen LogP contribution < -0.4 is 4.74 Å². The smallest absolute Gasteiger partial charge is 0.310 e. The summed E-state index contributed by atoms with van der Waals surface area (Å²) in [5.74, 6) is 0.316. The number of ether oxygens (including phenoxy) is 1. The van der Waals surface area contributed by atoms with Crippen molar-refractivity contribution in [3.05, 3.63) is 40.0 Å². The van der Waals surface area contributed by atoms with Crippen molar-refractivity contribution in [2.75, 3.05) is 26.2 Å². The van der Waals surface area contributed by atoms with Crippen molar-refractivity contribution in [1.82, 2.24) is 4.90 Å². The predicted molar refractivity (Wildman–Crippen MR) is 85.0 cm³/mol. The molecule has 1 aromatic rings. The SMILES string of the molecule is CC(C)Oc1cc(C2=CCN(CCO)CC2)ccc1[N+](=O)[O-]. The summed E-state index contributed by atoms with van der Waals surface area (Å²) < 4.78 is 5.59. The first-order valence-corrected chi connectivity index (χ1v) is 7.49. The Hall–Kier alpha value is -1.92. The monoisotopic (exact) mass is 306 g/mol. The van der Waals surface area contributed by atoms with Crippen molar-refractivity contribution in [2.45, 2.75) is 26.4 Å². The van der Waals surface area contributed by atoms with Gasteiger partial charge in [-0.15, -0.1) is 0 Å². The maximum absolute atomic E-state index is 11.1. The number of nitro groups is 1. The lowest BCUT2D eigenvalue weighted by molar-refractivity contribution is -0.386. The van der Waals surface area contributed by atoms with Gasteiger partial charge in [0, 0.05) is 25.7 Å². The highest BCUT2D eigenvalue weighted by molar-refractivity contribution is 5.70. The molecule has 0 aliphatic carbocycles. The Morgan fingerprint density at radius 2 is 2.23 bits per heavy atom. The first-order valence-electron chi connectivity index (χ1n) is 7.49. The fourth-order valence-electron chi connectivity index (χ4n) is 2.53. The number of aliphatic hydroxyl groups excluding tert-OH is 1. The number of β-amino-alcohol motifs (C(OH)–C–C–N with tert-alkyl or cyclic N) is 1. The third-order valence-electron chi connectivity index (χ3n) is 3.60. The minimum Gasteiger partial charge on any atom is -0.484 e. The summed E-state index contributed by atoms with van der Waals surface area (Å²) in [6, 6.07) is 5.04. The molecule has 1 N–H and O–H groups in total. The molecule has 6 nitrogen and oxygen atoms in total. The summed E-state index contributed by atoms with van der Waals surface area (Å²) in [6.07, 6.45) is 2.85. The van der Waals surface area contributed by atoms with Crippen LogP contribution in [0.4, 0.5) is 5.69 Å². The van der Waals surface area contributed by atoms with E-state index in [0.717, 1.165) is 30.6 Å². The third-order valence-corrected chi connectivity index (χ3v) is 3.60. The van der Waals surface area contributed by atoms with E-state index in [2.05, 4.69) is 11.0 Å². The first kappa shape index (κ1) is 16.5. The van der Waals surface area contributed by atoms with E-state index in [1.807, 2.05) is 13.8 Å². The lowest BCUT2D eigenvalue weighted by Gasteiger charge is -2.25. The van der Waals surface area contributed by atoms with Crippen molar-refractivity contribution in [1.29, 1.82) is 0 Å². The van der Waals surface area contributed by atoms with Crippen molar-refractivity contribution < 1.29 is 14.8 Å². The van der Waals surface area contributed by atoms with E-state index in [1.54, 1.807) is 12.1 Å². The average molecular weight is 306 g/mol. The summed E-state index contributed by atoms with van der Waals surface area (Å²) in [4.78, 5) is 12.8. The zero-order valence-electron chi connectivity index (χ0n) is 13.0. The van der Waals surface area contributed by atoms with Gasteiger partial charge in [-0.1, -0.05) is 6.08 Å². The fraction of sp³-hybridized carbons (Fsp3) is 0.500. The lowest BCUT2D eigenvalue weighted by atomic mass is 9.99. The van der Waals surface area contributed by atoms with Crippen molar-refractivity contribution >= 4 is 11.3 Å². The van der Waals surface area contributed by atoms with Crippen LogP contribution in [0.1, 0.15) is 25.8 Å². The molecule has 2 rings (SSSR count). The molecule has 1 aliphatic heterocycles. The molecular formula is C16H22N2O4. The molecule has 22 heavy (non-hydrogen) atoms. The van der Waals surface area contributed by atoms with Gasteiger partial charge in [-0.05, 0) is 43.5 Å². The minimum absolute atomic E-state index is 0.00392. The molecule has 0 aromatic heterocycles. The van der Waals surface area contributed by atoms with Crippen LogP contribution in [0.5, 0.6) is 5.75 Å². The third kappa shape index (κ3) is 4.05. The van der Waals surface area contributed by atoms with E-state index in [9.17, 15) is 10.1 Å². The Kier molecular flexibility index (Phi) is 5.51. The minimum atomic E-state index is -0.417. The van der Waals surface area contributed by atoms with E-state index in [4.69, 9.17) is 9.84 Å². The Bertz CT molecular complexity index is 569. The summed E-state index contributed by atoms with van der Waals surface area (Å²) in [7, 11) is 0. The highest BCUT2D eigenvalue weighted by atomic mass is 16.6. The summed E-state index contributed by atoms with van der Waals surface area (Å²) in [6.45, 7) is 6.20. The number of hydrogen-bond donors (Lipinski definition) is 1. The Morgan fingerprint density at radius 1 is 1.45 bits per heavy atom. The Labute approximate surface area is 130 Å². The molecule has 0 saturated heterocycles. The average Bonchev–Trinajstić information content (AvgIpc) is 2.47. The van der Waals surface area contributed by atoms with Gasteiger partial charge in [-0.3, -0.25) is 15.0 Å². The predicted octanol–water partition coefficient (Wildman–Crippen LogP) is 2.46. The van der Waals surface area contributed by atoms with E-state index in [1.165, 1.54) is 6.07 Å². The molecule has 0 unspecified atom stereocenters. The van der Waals surface area contributed by atoms with E-state index in [0.29, 0.717) is 12.3 Å². The molecule has 1 aliphatic rings. The van der Waals surface area contributed by atoms with Gasteiger partial charge < -0.3 is 9.84 Å². The molecule has 0 fully saturated rings. The molecule has 1 heterocycles. The molecule has 120 valence electrons. The molecule has 0 amide bonds. The molecule has 0 saturated carbocycles. The maximum Gasteiger partial charge on any atom is 0.310 e. The van der Waals surface area contributed by atoms with Crippen LogP contribution in [0.25, 0.3) is 5.57 Å². The number of nitrogens with zero attached hydrogens (tertiary/aromatic N) is 2. The maximum atomic E-state index is 11.1. The van der Waals surface area contributed by atoms with Gasteiger partial charge in [0.25, 0.3) is 0 Å². The van der Waals surface area contributed by atoms with Gasteiger partial charge in [0.05, 0.1) is 17.6 Å². The van der Waals surface area contributed by atoms with Crippen LogP contribution >= 0.6 is 0 Å². The molecule has 0 bridgehead atoms. The van der Waals surface area contributed by atoms with Crippen molar-refractivity contribution in [3.63, 3.8) is 0 Å². The second-order valence-electron chi connectivity index (χ2n) is 5.61. The van der Waals surface area contributed by atoms with Crippen LogP contribution in [0, 0.1) is 10.1 Å². The number of hydrogen-bond acceptors (Lipinski definition) is 5. The standard InChI is InChI=1S/C16H22N2O4/c1-12(2)22-16-11-14(3-4-15(16)18(20)21)13-5-7-17(8-6-13)9-10-19/h3-5,11-12,19H,6-10H2,1-2H3. The van der Waals surface area contributed by atoms with Crippen molar-refractivity contribution in [3.8, 4) is 5.75 Å². The summed E-state index contributed by atoms with van der Waals surface area (Å²) >= 11 is 0. The van der Waals surface area contributed by atoms with E-state index < -0.39 is 4.92 Å².